The molecule has 3 amide bonds. The molecule has 2 rings (SSSR count). The Labute approximate surface area is 182 Å². The highest BCUT2D eigenvalue weighted by Crippen LogP contribution is 2.17. The summed E-state index contributed by atoms with van der Waals surface area (Å²) in [4.78, 5) is 51.3. The van der Waals surface area contributed by atoms with Crippen LogP contribution in [0.2, 0.25) is 0 Å². The van der Waals surface area contributed by atoms with Crippen molar-refractivity contribution in [3.05, 3.63) is 35.9 Å². The topological polar surface area (TPSA) is 116 Å². The fraction of sp³-hybridized carbons (Fsp3) is 0.545. The standard InChI is InChI=1S/C22H31N3O6/c1-4-5-13-31-21(29)17(12-11-16-9-7-6-8-10-16)23-15(2)19(26)25-18(20(27)28)14-24(3)22(25)30/h6-10,15,17-18,23H,4-5,11-14H2,1-3H3,(H,27,28)/t15-,17-,18-/m0/s1. The van der Waals surface area contributed by atoms with Gasteiger partial charge in [0.15, 0.2) is 6.04 Å². The molecule has 2 N–H and O–H groups in total. The molecule has 1 heterocycles. The third kappa shape index (κ3) is 6.52. The number of hydrogen-bond acceptors (Lipinski definition) is 6. The summed E-state index contributed by atoms with van der Waals surface area (Å²) in [5.41, 5.74) is 1.04. The van der Waals surface area contributed by atoms with Gasteiger partial charge in [0.25, 0.3) is 0 Å². The SMILES string of the molecule is CCCCOC(=O)[C@H](CCc1ccccc1)N[C@@H](C)C(=O)N1C(=O)N(C)C[C@H]1C(=O)O. The number of aryl methyl sites for hydroxylation is 1. The zero-order valence-corrected chi connectivity index (χ0v) is 18.2. The molecular formula is C22H31N3O6. The normalized spacial score (nSPS) is 18.0. The minimum atomic E-state index is -1.26. The van der Waals surface area contributed by atoms with Crippen molar-refractivity contribution in [1.29, 1.82) is 0 Å². The van der Waals surface area contributed by atoms with Gasteiger partial charge in [0.05, 0.1) is 19.2 Å². The largest absolute Gasteiger partial charge is 0.480 e. The molecule has 9 nitrogen and oxygen atoms in total. The van der Waals surface area contributed by atoms with E-state index in [0.29, 0.717) is 12.8 Å². The van der Waals surface area contributed by atoms with Gasteiger partial charge in [-0.15, -0.1) is 0 Å². The second-order valence-corrected chi connectivity index (χ2v) is 7.71. The van der Waals surface area contributed by atoms with E-state index >= 15 is 0 Å². The van der Waals surface area contributed by atoms with Crippen LogP contribution < -0.4 is 5.32 Å². The van der Waals surface area contributed by atoms with Crippen LogP contribution in [0.3, 0.4) is 0 Å². The van der Waals surface area contributed by atoms with E-state index in [4.69, 9.17) is 4.74 Å². The van der Waals surface area contributed by atoms with Crippen molar-refractivity contribution in [2.45, 2.75) is 57.7 Å². The van der Waals surface area contributed by atoms with Crippen molar-refractivity contribution in [2.75, 3.05) is 20.2 Å². The number of rotatable bonds is 11. The molecule has 0 bridgehead atoms. The Balaban J connectivity index is 2.09. The lowest BCUT2D eigenvalue weighted by Crippen LogP contribution is -2.54. The first-order valence-corrected chi connectivity index (χ1v) is 10.5. The maximum Gasteiger partial charge on any atom is 0.328 e. The second-order valence-electron chi connectivity index (χ2n) is 7.71. The van der Waals surface area contributed by atoms with Gasteiger partial charge >= 0.3 is 18.0 Å². The van der Waals surface area contributed by atoms with E-state index in [1.807, 2.05) is 37.3 Å². The second kappa shape index (κ2) is 11.5. The third-order valence-electron chi connectivity index (χ3n) is 5.23. The molecule has 1 aromatic rings. The molecule has 0 aromatic heterocycles. The molecule has 0 radical (unpaired) electrons. The van der Waals surface area contributed by atoms with Crippen LogP contribution in [-0.2, 0) is 25.5 Å². The number of ether oxygens (including phenoxy) is 1. The third-order valence-corrected chi connectivity index (χ3v) is 5.23. The quantitative estimate of drug-likeness (QED) is 0.403. The molecule has 170 valence electrons. The van der Waals surface area contributed by atoms with Gasteiger partial charge in [-0.2, -0.15) is 0 Å². The van der Waals surface area contributed by atoms with E-state index in [1.54, 1.807) is 0 Å². The van der Waals surface area contributed by atoms with Crippen molar-refractivity contribution < 1.29 is 29.0 Å². The number of carboxylic acid groups (broad SMARTS) is 1. The predicted molar refractivity (Wildman–Crippen MR) is 113 cm³/mol. The van der Waals surface area contributed by atoms with Gasteiger partial charge in [-0.1, -0.05) is 43.7 Å². The number of carboxylic acids is 1. The number of nitrogens with one attached hydrogen (secondary N) is 1. The summed E-state index contributed by atoms with van der Waals surface area (Å²) >= 11 is 0. The van der Waals surface area contributed by atoms with Gasteiger partial charge in [-0.3, -0.25) is 14.9 Å². The van der Waals surface area contributed by atoms with E-state index in [-0.39, 0.29) is 13.2 Å². The molecule has 0 spiro atoms. The Hall–Kier alpha value is -2.94. The van der Waals surface area contributed by atoms with E-state index in [9.17, 15) is 24.3 Å². The van der Waals surface area contributed by atoms with Crippen LogP contribution in [-0.4, -0.2) is 77.1 Å². The summed E-state index contributed by atoms with van der Waals surface area (Å²) in [6, 6.07) is 5.98. The zero-order valence-electron chi connectivity index (χ0n) is 18.2. The monoisotopic (exact) mass is 433 g/mol. The Morgan fingerprint density at radius 1 is 1.26 bits per heavy atom. The molecule has 31 heavy (non-hydrogen) atoms. The minimum absolute atomic E-state index is 0.0802. The Kier molecular flexibility index (Phi) is 8.99. The van der Waals surface area contributed by atoms with Crippen LogP contribution in [0, 0.1) is 0 Å². The number of unbranched alkanes of at least 4 members (excludes halogenated alkanes) is 1. The van der Waals surface area contributed by atoms with E-state index in [2.05, 4.69) is 5.32 Å². The van der Waals surface area contributed by atoms with Gasteiger partial charge < -0.3 is 14.7 Å². The average Bonchev–Trinajstić information content (AvgIpc) is 3.05. The zero-order chi connectivity index (χ0) is 23.0. The number of carbonyl (C=O) groups excluding carboxylic acids is 3. The van der Waals surface area contributed by atoms with Crippen molar-refractivity contribution in [3.8, 4) is 0 Å². The Morgan fingerprint density at radius 2 is 1.94 bits per heavy atom. The number of amides is 3. The van der Waals surface area contributed by atoms with E-state index in [1.165, 1.54) is 18.9 Å². The van der Waals surface area contributed by atoms with Gasteiger partial charge in [-0.05, 0) is 31.7 Å². The Bertz CT molecular complexity index is 785. The van der Waals surface area contributed by atoms with Gasteiger partial charge in [0.2, 0.25) is 5.91 Å². The average molecular weight is 434 g/mol. The molecular weight excluding hydrogens is 402 g/mol. The lowest BCUT2D eigenvalue weighted by Gasteiger charge is -2.26. The summed E-state index contributed by atoms with van der Waals surface area (Å²) < 4.78 is 5.34. The number of likely N-dealkylation sites (N-methyl/N-ethyl adjacent to an activating group) is 1. The molecule has 1 saturated heterocycles. The molecule has 3 atom stereocenters. The highest BCUT2D eigenvalue weighted by atomic mass is 16.5. The predicted octanol–water partition coefficient (Wildman–Crippen LogP) is 1.66. The summed E-state index contributed by atoms with van der Waals surface area (Å²) in [5, 5.41) is 12.3. The number of nitrogens with zero attached hydrogens (tertiary/aromatic N) is 2. The molecule has 1 fully saturated rings. The maximum atomic E-state index is 12.9. The molecule has 9 heteroatoms. The molecule has 1 aromatic carbocycles. The summed E-state index contributed by atoms with van der Waals surface area (Å²) in [6.07, 6.45) is 2.60. The van der Waals surface area contributed by atoms with Crippen molar-refractivity contribution in [1.82, 2.24) is 15.1 Å². The first-order chi connectivity index (χ1) is 14.8. The number of carbonyl (C=O) groups is 4. The van der Waals surface area contributed by atoms with Crippen LogP contribution in [0.1, 0.15) is 38.7 Å². The number of esters is 1. The summed E-state index contributed by atoms with van der Waals surface area (Å²) in [5.74, 6) is -2.41. The van der Waals surface area contributed by atoms with Crippen LogP contribution in [0.25, 0.3) is 0 Å². The van der Waals surface area contributed by atoms with Crippen LogP contribution in [0.15, 0.2) is 30.3 Å². The molecule has 0 unspecified atom stereocenters. The van der Waals surface area contributed by atoms with Crippen LogP contribution >= 0.6 is 0 Å². The maximum absolute atomic E-state index is 12.9. The molecule has 0 aliphatic carbocycles. The smallest absolute Gasteiger partial charge is 0.328 e. The van der Waals surface area contributed by atoms with Crippen molar-refractivity contribution >= 4 is 23.9 Å². The summed E-state index contributed by atoms with van der Waals surface area (Å²) in [6.45, 7) is 3.71. The number of aliphatic carboxylic acids is 1. The number of urea groups is 1. The van der Waals surface area contributed by atoms with Crippen LogP contribution in [0.5, 0.6) is 0 Å². The van der Waals surface area contributed by atoms with Gasteiger partial charge in [0, 0.05) is 7.05 Å². The lowest BCUT2D eigenvalue weighted by atomic mass is 10.0. The number of imide groups is 1. The van der Waals surface area contributed by atoms with Crippen molar-refractivity contribution in [2.24, 2.45) is 0 Å². The lowest BCUT2D eigenvalue weighted by molar-refractivity contribution is -0.149. The molecule has 1 aliphatic heterocycles. The van der Waals surface area contributed by atoms with Gasteiger partial charge in [-0.25, -0.2) is 14.5 Å². The first-order valence-electron chi connectivity index (χ1n) is 10.5. The fourth-order valence-electron chi connectivity index (χ4n) is 3.40. The molecule has 1 aliphatic rings. The summed E-state index contributed by atoms with van der Waals surface area (Å²) in [7, 11) is 1.44. The highest BCUT2D eigenvalue weighted by Gasteiger charge is 2.45. The first kappa shape index (κ1) is 24.3. The van der Waals surface area contributed by atoms with Crippen molar-refractivity contribution in [3.63, 3.8) is 0 Å². The van der Waals surface area contributed by atoms with Crippen LogP contribution in [0.4, 0.5) is 4.79 Å². The fourth-order valence-corrected chi connectivity index (χ4v) is 3.40. The van der Waals surface area contributed by atoms with Gasteiger partial charge in [0.1, 0.15) is 6.04 Å². The van der Waals surface area contributed by atoms with E-state index in [0.717, 1.165) is 23.3 Å². The highest BCUT2D eigenvalue weighted by molar-refractivity contribution is 6.02. The number of benzene rings is 1. The minimum Gasteiger partial charge on any atom is -0.480 e. The number of hydrogen-bond donors (Lipinski definition) is 2. The molecule has 0 saturated carbocycles. The van der Waals surface area contributed by atoms with E-state index < -0.39 is 42.0 Å². The Morgan fingerprint density at radius 3 is 2.55 bits per heavy atom.